The van der Waals surface area contributed by atoms with Gasteiger partial charge < -0.3 is 5.73 Å². The number of nitrogens with one attached hydrogen (secondary N) is 1. The number of benzene rings is 1. The average molecular weight is 341 g/mol. The van der Waals surface area contributed by atoms with Crippen LogP contribution < -0.4 is 10.5 Å². The van der Waals surface area contributed by atoms with Gasteiger partial charge in [-0.25, -0.2) is 18.1 Å². The Morgan fingerprint density at radius 1 is 1.48 bits per heavy atom. The summed E-state index contributed by atoms with van der Waals surface area (Å²) in [6.07, 6.45) is 1.70. The second-order valence-electron chi connectivity index (χ2n) is 4.48. The van der Waals surface area contributed by atoms with Crippen molar-refractivity contribution in [2.45, 2.75) is 17.7 Å². The maximum Gasteiger partial charge on any atom is 0.241 e. The number of aromatic nitrogens is 1. The number of hydrogen-bond acceptors (Lipinski definition) is 5. The van der Waals surface area contributed by atoms with Crippen molar-refractivity contribution >= 4 is 38.6 Å². The number of thiocarbonyl (C=S) groups is 1. The number of nitrogens with zero attached hydrogens (tertiary/aromatic N) is 1. The summed E-state index contributed by atoms with van der Waals surface area (Å²) in [5, 5.41) is 2.75. The second-order valence-corrected chi connectivity index (χ2v) is 7.59. The number of hydrogen-bond donors (Lipinski definition) is 2. The van der Waals surface area contributed by atoms with Gasteiger partial charge in [-0.2, -0.15) is 0 Å². The predicted octanol–water partition coefficient (Wildman–Crippen LogP) is 1.86. The van der Waals surface area contributed by atoms with Gasteiger partial charge in [0.2, 0.25) is 10.0 Å². The largest absolute Gasteiger partial charge is 0.389 e. The van der Waals surface area contributed by atoms with Gasteiger partial charge in [0, 0.05) is 29.6 Å². The molecule has 2 rings (SSSR count). The molecule has 21 heavy (non-hydrogen) atoms. The van der Waals surface area contributed by atoms with Gasteiger partial charge in [-0.3, -0.25) is 0 Å². The first-order valence-electron chi connectivity index (χ1n) is 6.19. The van der Waals surface area contributed by atoms with Crippen LogP contribution in [0.2, 0.25) is 0 Å². The van der Waals surface area contributed by atoms with Gasteiger partial charge in [0.05, 0.1) is 9.90 Å². The molecule has 1 unspecified atom stereocenters. The van der Waals surface area contributed by atoms with Crippen LogP contribution in [0.5, 0.6) is 0 Å². The summed E-state index contributed by atoms with van der Waals surface area (Å²) in [4.78, 5) is 4.34. The van der Waals surface area contributed by atoms with Crippen LogP contribution in [0.1, 0.15) is 23.4 Å². The highest BCUT2D eigenvalue weighted by Crippen LogP contribution is 2.19. The van der Waals surface area contributed by atoms with Crippen LogP contribution >= 0.6 is 23.6 Å². The summed E-state index contributed by atoms with van der Waals surface area (Å²) < 4.78 is 27.4. The van der Waals surface area contributed by atoms with Gasteiger partial charge in [0.25, 0.3) is 0 Å². The third-order valence-electron chi connectivity index (χ3n) is 2.89. The molecule has 0 aliphatic heterocycles. The zero-order chi connectivity index (χ0) is 15.5. The van der Waals surface area contributed by atoms with Crippen LogP contribution in [-0.4, -0.2) is 24.9 Å². The van der Waals surface area contributed by atoms with Gasteiger partial charge in [0.1, 0.15) is 4.99 Å². The second kappa shape index (κ2) is 6.61. The molecule has 0 saturated carbocycles. The van der Waals surface area contributed by atoms with Gasteiger partial charge in [-0.05, 0) is 6.07 Å². The summed E-state index contributed by atoms with van der Waals surface area (Å²) in [5.74, 6) is -0.00300. The Balaban J connectivity index is 2.18. The molecule has 8 heteroatoms. The molecule has 1 aromatic carbocycles. The van der Waals surface area contributed by atoms with E-state index in [1.54, 1.807) is 24.4 Å². The minimum absolute atomic E-state index is 0.00300. The van der Waals surface area contributed by atoms with E-state index in [2.05, 4.69) is 9.71 Å². The Hall–Kier alpha value is -1.35. The van der Waals surface area contributed by atoms with Gasteiger partial charge in [-0.1, -0.05) is 37.3 Å². The fraction of sp³-hybridized carbons (Fsp3) is 0.231. The van der Waals surface area contributed by atoms with Crippen molar-refractivity contribution in [3.63, 3.8) is 0 Å². The molecule has 0 fully saturated rings. The van der Waals surface area contributed by atoms with Crippen molar-refractivity contribution in [2.24, 2.45) is 5.73 Å². The molecule has 112 valence electrons. The van der Waals surface area contributed by atoms with Crippen molar-refractivity contribution in [3.05, 3.63) is 46.4 Å². The quantitative estimate of drug-likeness (QED) is 0.783. The molecule has 3 N–H and O–H groups in total. The summed E-state index contributed by atoms with van der Waals surface area (Å²) >= 11 is 6.40. The number of thiazole rings is 1. The molecule has 0 spiro atoms. The zero-order valence-corrected chi connectivity index (χ0v) is 13.8. The molecule has 1 aromatic heterocycles. The van der Waals surface area contributed by atoms with E-state index in [9.17, 15) is 8.42 Å². The SMILES string of the molecule is CC(CNS(=O)(=O)c1ccccc1C(N)=S)c1nccs1. The molecule has 0 aliphatic carbocycles. The zero-order valence-electron chi connectivity index (χ0n) is 11.3. The highest BCUT2D eigenvalue weighted by molar-refractivity contribution is 7.89. The highest BCUT2D eigenvalue weighted by Gasteiger charge is 2.20. The molecule has 1 atom stereocenters. The third-order valence-corrected chi connectivity index (χ3v) is 5.60. The Morgan fingerprint density at radius 3 is 2.81 bits per heavy atom. The summed E-state index contributed by atoms with van der Waals surface area (Å²) in [5.41, 5.74) is 5.92. The molecule has 0 saturated heterocycles. The van der Waals surface area contributed by atoms with Crippen LogP contribution in [0.4, 0.5) is 0 Å². The summed E-state index contributed by atoms with van der Waals surface area (Å²) in [7, 11) is -3.66. The summed E-state index contributed by atoms with van der Waals surface area (Å²) in [6.45, 7) is 2.18. The van der Waals surface area contributed by atoms with E-state index < -0.39 is 10.0 Å². The molecule has 5 nitrogen and oxygen atoms in total. The number of rotatable bonds is 6. The Kier molecular flexibility index (Phi) is 5.04. The van der Waals surface area contributed by atoms with E-state index in [1.807, 2.05) is 12.3 Å². The molecule has 0 aliphatic rings. The molecule has 0 bridgehead atoms. The number of sulfonamides is 1. The average Bonchev–Trinajstić information content (AvgIpc) is 2.99. The Bertz CT molecular complexity index is 727. The highest BCUT2D eigenvalue weighted by atomic mass is 32.2. The van der Waals surface area contributed by atoms with Crippen LogP contribution in [-0.2, 0) is 10.0 Å². The fourth-order valence-corrected chi connectivity index (χ4v) is 4.07. The lowest BCUT2D eigenvalue weighted by molar-refractivity contribution is 0.574. The van der Waals surface area contributed by atoms with E-state index in [-0.39, 0.29) is 22.3 Å². The lowest BCUT2D eigenvalue weighted by Gasteiger charge is -2.13. The summed E-state index contributed by atoms with van der Waals surface area (Å²) in [6, 6.07) is 6.43. The van der Waals surface area contributed by atoms with Crippen LogP contribution in [0, 0.1) is 0 Å². The molecule has 0 radical (unpaired) electrons. The van der Waals surface area contributed by atoms with Gasteiger partial charge >= 0.3 is 0 Å². The minimum Gasteiger partial charge on any atom is -0.389 e. The maximum absolute atomic E-state index is 12.4. The standard InChI is InChI=1S/C13H15N3O2S3/c1-9(13-15-6-7-20-13)8-16-21(17,18)11-5-3-2-4-10(11)12(14)19/h2-7,9,16H,8H2,1H3,(H2,14,19). The van der Waals surface area contributed by atoms with E-state index in [4.69, 9.17) is 18.0 Å². The number of nitrogens with two attached hydrogens (primary N) is 1. The lowest BCUT2D eigenvalue weighted by Crippen LogP contribution is -2.29. The fourth-order valence-electron chi connectivity index (χ4n) is 1.78. The first kappa shape index (κ1) is 16.0. The lowest BCUT2D eigenvalue weighted by atomic mass is 10.2. The molecule has 1 heterocycles. The van der Waals surface area contributed by atoms with Crippen molar-refractivity contribution in [2.75, 3.05) is 6.54 Å². The smallest absolute Gasteiger partial charge is 0.241 e. The van der Waals surface area contributed by atoms with Crippen LogP contribution in [0.3, 0.4) is 0 Å². The minimum atomic E-state index is -3.66. The van der Waals surface area contributed by atoms with E-state index >= 15 is 0 Å². The van der Waals surface area contributed by atoms with Crippen molar-refractivity contribution < 1.29 is 8.42 Å². The maximum atomic E-state index is 12.4. The van der Waals surface area contributed by atoms with Crippen molar-refractivity contribution in [1.82, 2.24) is 9.71 Å². The first-order chi connectivity index (χ1) is 9.92. The normalized spacial score (nSPS) is 13.0. The Labute approximate surface area is 133 Å². The van der Waals surface area contributed by atoms with Crippen molar-refractivity contribution in [3.8, 4) is 0 Å². The van der Waals surface area contributed by atoms with E-state index in [0.29, 0.717) is 5.56 Å². The van der Waals surface area contributed by atoms with Crippen molar-refractivity contribution in [1.29, 1.82) is 0 Å². The monoisotopic (exact) mass is 341 g/mol. The first-order valence-corrected chi connectivity index (χ1v) is 8.97. The van der Waals surface area contributed by atoms with Gasteiger partial charge in [0.15, 0.2) is 0 Å². The van der Waals surface area contributed by atoms with Crippen LogP contribution in [0.25, 0.3) is 0 Å². The topological polar surface area (TPSA) is 85.1 Å². The molecular formula is C13H15N3O2S3. The molecule has 2 aromatic rings. The van der Waals surface area contributed by atoms with Gasteiger partial charge in [-0.15, -0.1) is 11.3 Å². The molecular weight excluding hydrogens is 326 g/mol. The molecule has 0 amide bonds. The van der Waals surface area contributed by atoms with E-state index in [0.717, 1.165) is 5.01 Å². The van der Waals surface area contributed by atoms with Crippen LogP contribution in [0.15, 0.2) is 40.7 Å². The van der Waals surface area contributed by atoms with E-state index in [1.165, 1.54) is 17.4 Å². The Morgan fingerprint density at radius 2 is 2.19 bits per heavy atom. The predicted molar refractivity (Wildman–Crippen MR) is 88.0 cm³/mol. The third kappa shape index (κ3) is 3.85.